The molecule has 0 atom stereocenters. The van der Waals surface area contributed by atoms with E-state index < -0.39 is 5.56 Å². The average molecular weight is 505 g/mol. The summed E-state index contributed by atoms with van der Waals surface area (Å²) < 4.78 is 15.1. The quantitative estimate of drug-likeness (QED) is 0.387. The molecule has 2 aromatic carbocycles. The van der Waals surface area contributed by atoms with Gasteiger partial charge in [-0.25, -0.2) is 4.39 Å². The van der Waals surface area contributed by atoms with Gasteiger partial charge >= 0.3 is 0 Å². The monoisotopic (exact) mass is 504 g/mol. The lowest BCUT2D eigenvalue weighted by atomic mass is 10.0. The molecule has 6 nitrogen and oxygen atoms in total. The van der Waals surface area contributed by atoms with Crippen LogP contribution in [-0.4, -0.2) is 19.7 Å². The first-order valence-electron chi connectivity index (χ1n) is 10.7. The van der Waals surface area contributed by atoms with Gasteiger partial charge in [-0.2, -0.15) is 5.26 Å². The van der Waals surface area contributed by atoms with Crippen LogP contribution in [0.3, 0.4) is 0 Å². The third kappa shape index (κ3) is 5.04. The van der Waals surface area contributed by atoms with Gasteiger partial charge in [0.25, 0.3) is 11.5 Å². The van der Waals surface area contributed by atoms with Crippen molar-refractivity contribution in [2.45, 2.75) is 20.0 Å². The van der Waals surface area contributed by atoms with Gasteiger partial charge in [-0.1, -0.05) is 66.4 Å². The number of carbonyl (C=O) groups excluding carboxylic acids is 1. The molecule has 1 aliphatic heterocycles. The molecule has 0 radical (unpaired) electrons. The Labute approximate surface area is 211 Å². The Morgan fingerprint density at radius 1 is 1.11 bits per heavy atom. The van der Waals surface area contributed by atoms with Crippen LogP contribution in [0.15, 0.2) is 64.3 Å². The third-order valence-corrected chi connectivity index (χ3v) is 7.08. The molecule has 1 amide bonds. The molecule has 0 saturated carbocycles. The SMILES string of the molecule is Cc1c(/C=C2/SC(=S)N(Cc3ccccc3)C2=O)c(NCc2ccc(F)cc2)n(C)c(=O)c1C#N. The van der Waals surface area contributed by atoms with Crippen molar-refractivity contribution >= 4 is 46.1 Å². The summed E-state index contributed by atoms with van der Waals surface area (Å²) in [5, 5.41) is 12.8. The minimum atomic E-state index is -0.444. The predicted octanol–water partition coefficient (Wildman–Crippen LogP) is 4.72. The van der Waals surface area contributed by atoms with Crippen molar-refractivity contribution < 1.29 is 9.18 Å². The number of benzene rings is 2. The second-order valence-corrected chi connectivity index (χ2v) is 9.65. The van der Waals surface area contributed by atoms with E-state index in [9.17, 15) is 19.2 Å². The van der Waals surface area contributed by atoms with Crippen molar-refractivity contribution in [3.05, 3.63) is 103 Å². The Morgan fingerprint density at radius 2 is 1.80 bits per heavy atom. The molecule has 0 unspecified atom stereocenters. The van der Waals surface area contributed by atoms with Gasteiger partial charge in [0.1, 0.15) is 27.6 Å². The third-order valence-electron chi connectivity index (χ3n) is 5.71. The molecule has 176 valence electrons. The number of thioether (sulfide) groups is 1. The predicted molar refractivity (Wildman–Crippen MR) is 140 cm³/mol. The maximum absolute atomic E-state index is 13.3. The molecule has 0 aliphatic carbocycles. The summed E-state index contributed by atoms with van der Waals surface area (Å²) in [4.78, 5) is 28.0. The summed E-state index contributed by atoms with van der Waals surface area (Å²) in [5.74, 6) is -0.127. The molecule has 35 heavy (non-hydrogen) atoms. The van der Waals surface area contributed by atoms with Gasteiger partial charge in [-0.3, -0.25) is 19.1 Å². The van der Waals surface area contributed by atoms with E-state index in [1.807, 2.05) is 36.4 Å². The van der Waals surface area contributed by atoms with Crippen LogP contribution in [-0.2, 0) is 24.9 Å². The highest BCUT2D eigenvalue weighted by molar-refractivity contribution is 8.26. The summed E-state index contributed by atoms with van der Waals surface area (Å²) in [5.41, 5.74) is 2.33. The Balaban J connectivity index is 1.72. The molecule has 1 aliphatic rings. The molecular formula is C26H21FN4O2S2. The number of hydrogen-bond donors (Lipinski definition) is 1. The number of carbonyl (C=O) groups is 1. The zero-order chi connectivity index (χ0) is 25.1. The lowest BCUT2D eigenvalue weighted by molar-refractivity contribution is -0.122. The molecule has 1 N–H and O–H groups in total. The van der Waals surface area contributed by atoms with Gasteiger partial charge < -0.3 is 5.32 Å². The van der Waals surface area contributed by atoms with Gasteiger partial charge in [0.05, 0.1) is 11.4 Å². The number of anilines is 1. The molecule has 1 fully saturated rings. The van der Waals surface area contributed by atoms with E-state index in [4.69, 9.17) is 12.2 Å². The number of pyridine rings is 1. The molecular weight excluding hydrogens is 483 g/mol. The van der Waals surface area contributed by atoms with Crippen LogP contribution in [0.2, 0.25) is 0 Å². The highest BCUT2D eigenvalue weighted by atomic mass is 32.2. The van der Waals surface area contributed by atoms with Crippen LogP contribution >= 0.6 is 24.0 Å². The van der Waals surface area contributed by atoms with Crippen LogP contribution in [0.25, 0.3) is 6.08 Å². The Kier molecular flexibility index (Phi) is 7.15. The number of thiocarbonyl (C=S) groups is 1. The number of rotatable bonds is 6. The van der Waals surface area contributed by atoms with Gasteiger partial charge in [-0.05, 0) is 41.8 Å². The fourth-order valence-corrected chi connectivity index (χ4v) is 5.00. The van der Waals surface area contributed by atoms with Crippen molar-refractivity contribution in [3.63, 3.8) is 0 Å². The van der Waals surface area contributed by atoms with Gasteiger partial charge in [0.2, 0.25) is 0 Å². The molecule has 4 rings (SSSR count). The number of hydrogen-bond acceptors (Lipinski definition) is 6. The second kappa shape index (κ2) is 10.3. The summed E-state index contributed by atoms with van der Waals surface area (Å²) in [6, 6.07) is 17.6. The summed E-state index contributed by atoms with van der Waals surface area (Å²) in [6.45, 7) is 2.35. The molecule has 0 bridgehead atoms. The number of aromatic nitrogens is 1. The van der Waals surface area contributed by atoms with Crippen LogP contribution in [0.4, 0.5) is 10.2 Å². The summed E-state index contributed by atoms with van der Waals surface area (Å²) in [7, 11) is 1.56. The van der Waals surface area contributed by atoms with E-state index in [0.717, 1.165) is 11.1 Å². The lowest BCUT2D eigenvalue weighted by Crippen LogP contribution is -2.27. The van der Waals surface area contributed by atoms with E-state index >= 15 is 0 Å². The van der Waals surface area contributed by atoms with E-state index in [1.165, 1.54) is 33.4 Å². The van der Waals surface area contributed by atoms with Gasteiger partial charge in [0.15, 0.2) is 0 Å². The topological polar surface area (TPSA) is 78.1 Å². The Bertz CT molecular complexity index is 1440. The number of amides is 1. The first-order valence-corrected chi connectivity index (χ1v) is 11.9. The maximum atomic E-state index is 13.3. The lowest BCUT2D eigenvalue weighted by Gasteiger charge is -2.18. The normalized spacial score (nSPS) is 14.5. The van der Waals surface area contributed by atoms with Crippen molar-refractivity contribution in [3.8, 4) is 6.07 Å². The Hall–Kier alpha value is -3.74. The fraction of sp³-hybridized carbons (Fsp3) is 0.154. The van der Waals surface area contributed by atoms with E-state index in [-0.39, 0.29) is 17.3 Å². The van der Waals surface area contributed by atoms with Gasteiger partial charge in [-0.15, -0.1) is 0 Å². The van der Waals surface area contributed by atoms with Crippen LogP contribution < -0.4 is 10.9 Å². The standard InChI is InChI=1S/C26H21FN4O2S2/c1-16-20(12-22-25(33)31(26(34)35-22)15-18-6-4-3-5-7-18)23(30(2)24(32)21(16)13-28)29-14-17-8-10-19(27)11-9-17/h3-12,29H,14-15H2,1-2H3/b22-12+. The number of nitrogens with one attached hydrogen (secondary N) is 1. The van der Waals surface area contributed by atoms with E-state index in [1.54, 1.807) is 32.2 Å². The van der Waals surface area contributed by atoms with Crippen molar-refractivity contribution in [1.82, 2.24) is 9.47 Å². The number of halogens is 1. The van der Waals surface area contributed by atoms with Crippen molar-refractivity contribution in [2.75, 3.05) is 5.32 Å². The number of nitriles is 1. The molecule has 2 heterocycles. The highest BCUT2D eigenvalue weighted by Crippen LogP contribution is 2.35. The van der Waals surface area contributed by atoms with E-state index in [0.29, 0.717) is 39.3 Å². The minimum Gasteiger partial charge on any atom is -0.367 e. The molecule has 9 heteroatoms. The molecule has 1 aromatic heterocycles. The average Bonchev–Trinajstić information content (AvgIpc) is 3.11. The fourth-order valence-electron chi connectivity index (χ4n) is 3.77. The summed E-state index contributed by atoms with van der Waals surface area (Å²) >= 11 is 6.65. The second-order valence-electron chi connectivity index (χ2n) is 7.97. The minimum absolute atomic E-state index is 0.00541. The van der Waals surface area contributed by atoms with Crippen molar-refractivity contribution in [1.29, 1.82) is 5.26 Å². The first-order chi connectivity index (χ1) is 16.8. The van der Waals surface area contributed by atoms with E-state index in [2.05, 4.69) is 5.32 Å². The molecule has 0 spiro atoms. The van der Waals surface area contributed by atoms with Crippen LogP contribution in [0.1, 0.15) is 27.8 Å². The highest BCUT2D eigenvalue weighted by Gasteiger charge is 2.32. The van der Waals surface area contributed by atoms with Crippen LogP contribution in [0.5, 0.6) is 0 Å². The number of nitrogens with zero attached hydrogens (tertiary/aromatic N) is 3. The van der Waals surface area contributed by atoms with Crippen LogP contribution in [0, 0.1) is 24.1 Å². The van der Waals surface area contributed by atoms with Crippen molar-refractivity contribution in [2.24, 2.45) is 7.05 Å². The smallest absolute Gasteiger partial charge is 0.270 e. The zero-order valence-electron chi connectivity index (χ0n) is 19.0. The van der Waals surface area contributed by atoms with Gasteiger partial charge in [0, 0.05) is 19.2 Å². The maximum Gasteiger partial charge on any atom is 0.270 e. The first kappa shape index (κ1) is 24.4. The Morgan fingerprint density at radius 3 is 2.46 bits per heavy atom. The zero-order valence-corrected chi connectivity index (χ0v) is 20.7. The summed E-state index contributed by atoms with van der Waals surface area (Å²) in [6.07, 6.45) is 1.67. The molecule has 1 saturated heterocycles. The molecule has 3 aromatic rings. The largest absolute Gasteiger partial charge is 0.367 e.